The van der Waals surface area contributed by atoms with Gasteiger partial charge in [-0.2, -0.15) is 9.94 Å². The minimum absolute atomic E-state index is 0.0127. The molecular weight excluding hydrogens is 312 g/mol. The van der Waals surface area contributed by atoms with E-state index >= 15 is 0 Å². The van der Waals surface area contributed by atoms with Gasteiger partial charge in [-0.25, -0.2) is 4.68 Å². The average Bonchev–Trinajstić information content (AvgIpc) is 3.18. The summed E-state index contributed by atoms with van der Waals surface area (Å²) in [7, 11) is 0. The van der Waals surface area contributed by atoms with Gasteiger partial charge in [-0.3, -0.25) is 9.59 Å². The Bertz CT molecular complexity index is 1130. The lowest BCUT2D eigenvalue weighted by Crippen LogP contribution is -2.38. The van der Waals surface area contributed by atoms with Crippen molar-refractivity contribution in [2.45, 2.75) is 6.04 Å². The first-order valence-corrected chi connectivity index (χ1v) is 7.73. The van der Waals surface area contributed by atoms with E-state index in [1.165, 1.54) is 16.0 Å². The number of benzene rings is 1. The van der Waals surface area contributed by atoms with Crippen LogP contribution in [-0.2, 0) is 0 Å². The van der Waals surface area contributed by atoms with Crippen molar-refractivity contribution in [2.75, 3.05) is 0 Å². The Labute approximate surface area is 133 Å². The molecular formula is C16H10N4O2S. The van der Waals surface area contributed by atoms with Crippen LogP contribution in [0.1, 0.15) is 10.9 Å². The molecule has 6 nitrogen and oxygen atoms in total. The second kappa shape index (κ2) is 4.69. The number of thiophene rings is 1. The van der Waals surface area contributed by atoms with E-state index in [0.717, 1.165) is 9.56 Å². The number of nitrogens with zero attached hydrogens (tertiary/aromatic N) is 3. The maximum absolute atomic E-state index is 12.9. The fourth-order valence-corrected chi connectivity index (χ4v) is 3.76. The molecule has 1 unspecified atom stereocenters. The van der Waals surface area contributed by atoms with Crippen LogP contribution in [0.2, 0.25) is 0 Å². The van der Waals surface area contributed by atoms with E-state index in [1.807, 2.05) is 23.6 Å². The van der Waals surface area contributed by atoms with E-state index in [2.05, 4.69) is 0 Å². The molecule has 0 bridgehead atoms. The molecule has 3 heterocycles. The lowest BCUT2D eigenvalue weighted by Gasteiger charge is -2.14. The molecule has 7 heteroatoms. The van der Waals surface area contributed by atoms with Crippen molar-refractivity contribution in [2.24, 2.45) is 5.73 Å². The molecule has 1 atom stereocenters. The second-order valence-electron chi connectivity index (χ2n) is 5.14. The highest BCUT2D eigenvalue weighted by atomic mass is 32.1. The van der Waals surface area contributed by atoms with Gasteiger partial charge >= 0.3 is 0 Å². The Hall–Kier alpha value is -3.11. The molecule has 0 spiro atoms. The predicted octanol–water partition coefficient (Wildman–Crippen LogP) is 1.48. The van der Waals surface area contributed by atoms with Crippen molar-refractivity contribution in [3.05, 3.63) is 72.9 Å². The molecule has 0 radical (unpaired) electrons. The smallest absolute Gasteiger partial charge is 0.279 e. The summed E-state index contributed by atoms with van der Waals surface area (Å²) in [6.07, 6.45) is 0. The van der Waals surface area contributed by atoms with Crippen LogP contribution < -0.4 is 16.9 Å². The van der Waals surface area contributed by atoms with E-state index in [9.17, 15) is 14.9 Å². The molecule has 2 N–H and O–H groups in total. The van der Waals surface area contributed by atoms with Crippen LogP contribution >= 0.6 is 11.3 Å². The monoisotopic (exact) mass is 322 g/mol. The van der Waals surface area contributed by atoms with Gasteiger partial charge in [-0.15, -0.1) is 11.3 Å². The van der Waals surface area contributed by atoms with Crippen molar-refractivity contribution >= 4 is 27.9 Å². The summed E-state index contributed by atoms with van der Waals surface area (Å²) in [5, 5.41) is 12.0. The number of allylic oxidation sites excluding steroid dienone is 1. The second-order valence-corrected chi connectivity index (χ2v) is 6.12. The lowest BCUT2D eigenvalue weighted by atomic mass is 10.1. The summed E-state index contributed by atoms with van der Waals surface area (Å²) in [5.74, 6) is 0.0127. The highest BCUT2D eigenvalue weighted by Gasteiger charge is 2.34. The standard InChI is InChI=1S/C16H10N4O2S/c17-8-11-13(12-6-3-7-23-12)19-15(21)9-4-1-2-5-10(9)16(22)20(19)14(11)18/h1-7,13H,18H2. The van der Waals surface area contributed by atoms with Crippen LogP contribution in [0.4, 0.5) is 0 Å². The molecule has 4 rings (SSSR count). The molecule has 0 fully saturated rings. The normalized spacial score (nSPS) is 16.6. The third-order valence-corrected chi connectivity index (χ3v) is 4.88. The highest BCUT2D eigenvalue weighted by Crippen LogP contribution is 2.34. The molecule has 0 aliphatic carbocycles. The molecule has 2 aromatic heterocycles. The number of rotatable bonds is 1. The minimum atomic E-state index is -0.662. The number of nitrogens with two attached hydrogens (primary N) is 1. The van der Waals surface area contributed by atoms with Gasteiger partial charge in [0, 0.05) is 4.88 Å². The largest absolute Gasteiger partial charge is 0.383 e. The topological polar surface area (TPSA) is 93.8 Å². The van der Waals surface area contributed by atoms with Crippen LogP contribution in [0, 0.1) is 11.3 Å². The third kappa shape index (κ3) is 1.67. The summed E-state index contributed by atoms with van der Waals surface area (Å²) in [6.45, 7) is 0. The Balaban J connectivity index is 2.21. The third-order valence-electron chi connectivity index (χ3n) is 3.96. The Morgan fingerprint density at radius 1 is 1.09 bits per heavy atom. The summed E-state index contributed by atoms with van der Waals surface area (Å²) < 4.78 is 2.40. The van der Waals surface area contributed by atoms with Gasteiger partial charge in [0.1, 0.15) is 23.5 Å². The van der Waals surface area contributed by atoms with Crippen LogP contribution in [0.5, 0.6) is 0 Å². The number of nitriles is 1. The van der Waals surface area contributed by atoms with E-state index in [0.29, 0.717) is 10.8 Å². The number of aromatic nitrogens is 2. The maximum atomic E-state index is 12.9. The summed E-state index contributed by atoms with van der Waals surface area (Å²) in [6, 6.07) is 11.6. The van der Waals surface area contributed by atoms with Gasteiger partial charge in [-0.1, -0.05) is 18.2 Å². The van der Waals surface area contributed by atoms with Crippen molar-refractivity contribution in [1.82, 2.24) is 9.36 Å². The van der Waals surface area contributed by atoms with Gasteiger partial charge in [0.25, 0.3) is 11.1 Å². The van der Waals surface area contributed by atoms with E-state index in [1.54, 1.807) is 24.3 Å². The van der Waals surface area contributed by atoms with Crippen LogP contribution in [0.25, 0.3) is 16.6 Å². The molecule has 0 amide bonds. The Kier molecular flexibility index (Phi) is 2.76. The van der Waals surface area contributed by atoms with Gasteiger partial charge in [0.2, 0.25) is 0 Å². The molecule has 112 valence electrons. The number of hydrogen-bond acceptors (Lipinski definition) is 5. The molecule has 0 saturated carbocycles. The Morgan fingerprint density at radius 3 is 2.39 bits per heavy atom. The summed E-state index contributed by atoms with van der Waals surface area (Å²) in [4.78, 5) is 26.4. The molecule has 1 aliphatic rings. The highest BCUT2D eigenvalue weighted by molar-refractivity contribution is 7.10. The van der Waals surface area contributed by atoms with Gasteiger partial charge in [-0.05, 0) is 23.6 Å². The Morgan fingerprint density at radius 2 is 1.78 bits per heavy atom. The summed E-state index contributed by atoms with van der Waals surface area (Å²) in [5.41, 5.74) is 5.49. The molecule has 1 aromatic carbocycles. The predicted molar refractivity (Wildman–Crippen MR) is 87.9 cm³/mol. The van der Waals surface area contributed by atoms with Crippen LogP contribution in [0.15, 0.2) is 56.9 Å². The molecule has 3 aromatic rings. The van der Waals surface area contributed by atoms with Crippen LogP contribution in [0.3, 0.4) is 0 Å². The van der Waals surface area contributed by atoms with Gasteiger partial charge in [0.15, 0.2) is 0 Å². The SMILES string of the molecule is N#CC1=C(N)n2c(=O)c3ccccc3c(=O)n2C1c1cccs1. The fraction of sp³-hybridized carbons (Fsp3) is 0.0625. The van der Waals surface area contributed by atoms with Crippen molar-refractivity contribution in [3.63, 3.8) is 0 Å². The molecule has 0 saturated heterocycles. The quantitative estimate of drug-likeness (QED) is 0.734. The number of hydrogen-bond donors (Lipinski definition) is 1. The van der Waals surface area contributed by atoms with Gasteiger partial charge < -0.3 is 5.73 Å². The van der Waals surface area contributed by atoms with Gasteiger partial charge in [0.05, 0.1) is 10.8 Å². The van der Waals surface area contributed by atoms with E-state index in [-0.39, 0.29) is 17.0 Å². The molecule has 1 aliphatic heterocycles. The van der Waals surface area contributed by atoms with Crippen molar-refractivity contribution < 1.29 is 0 Å². The summed E-state index contributed by atoms with van der Waals surface area (Å²) >= 11 is 1.41. The van der Waals surface area contributed by atoms with Crippen molar-refractivity contribution in [3.8, 4) is 6.07 Å². The zero-order valence-corrected chi connectivity index (χ0v) is 12.6. The average molecular weight is 322 g/mol. The maximum Gasteiger partial charge on any atom is 0.279 e. The van der Waals surface area contributed by atoms with Crippen LogP contribution in [-0.4, -0.2) is 9.36 Å². The first kappa shape index (κ1) is 13.5. The van der Waals surface area contributed by atoms with E-state index < -0.39 is 11.6 Å². The van der Waals surface area contributed by atoms with Crippen molar-refractivity contribution in [1.29, 1.82) is 5.26 Å². The zero-order chi connectivity index (χ0) is 16.1. The minimum Gasteiger partial charge on any atom is -0.383 e. The number of fused-ring (bicyclic) bond motifs is 2. The first-order chi connectivity index (χ1) is 11.1. The van der Waals surface area contributed by atoms with E-state index in [4.69, 9.17) is 5.73 Å². The molecule has 23 heavy (non-hydrogen) atoms. The lowest BCUT2D eigenvalue weighted by molar-refractivity contribution is 0.544. The fourth-order valence-electron chi connectivity index (χ4n) is 2.94. The first-order valence-electron chi connectivity index (χ1n) is 6.85. The zero-order valence-electron chi connectivity index (χ0n) is 11.8.